The van der Waals surface area contributed by atoms with E-state index in [-0.39, 0.29) is 23.8 Å². The van der Waals surface area contributed by atoms with Gasteiger partial charge in [-0.1, -0.05) is 0 Å². The highest BCUT2D eigenvalue weighted by molar-refractivity contribution is 6.00. The van der Waals surface area contributed by atoms with Crippen molar-refractivity contribution < 1.29 is 14.0 Å². The Hall–Kier alpha value is -3.16. The van der Waals surface area contributed by atoms with Gasteiger partial charge in [-0.3, -0.25) is 19.4 Å². The van der Waals surface area contributed by atoms with E-state index >= 15 is 0 Å². The van der Waals surface area contributed by atoms with Crippen molar-refractivity contribution in [1.82, 2.24) is 25.3 Å². The van der Waals surface area contributed by atoms with Crippen molar-refractivity contribution in [1.29, 1.82) is 0 Å². The van der Waals surface area contributed by atoms with Crippen molar-refractivity contribution in [3.8, 4) is 11.3 Å². The standard InChI is InChI=1S/C16H17N5O3/c1-9-15(10(2)21(3)20-9)11-7-12(19-18-11)16(23)17-8-13(22)14-5-4-6-24-14/h4-7H,8H2,1-3H3,(H,17,23)(H,18,19). The molecule has 0 aliphatic rings. The molecule has 0 fully saturated rings. The van der Waals surface area contributed by atoms with Gasteiger partial charge in [0.15, 0.2) is 5.76 Å². The van der Waals surface area contributed by atoms with E-state index in [0.717, 1.165) is 17.0 Å². The third-order valence-electron chi connectivity index (χ3n) is 3.79. The molecule has 8 nitrogen and oxygen atoms in total. The van der Waals surface area contributed by atoms with Crippen LogP contribution in [0.3, 0.4) is 0 Å². The first-order valence-electron chi connectivity index (χ1n) is 7.38. The van der Waals surface area contributed by atoms with Gasteiger partial charge in [0.2, 0.25) is 5.78 Å². The van der Waals surface area contributed by atoms with Crippen LogP contribution in [0.4, 0.5) is 0 Å². The predicted molar refractivity (Wildman–Crippen MR) is 85.6 cm³/mol. The minimum atomic E-state index is -0.409. The summed E-state index contributed by atoms with van der Waals surface area (Å²) in [7, 11) is 1.85. The minimum absolute atomic E-state index is 0.147. The highest BCUT2D eigenvalue weighted by atomic mass is 16.3. The highest BCUT2D eigenvalue weighted by Crippen LogP contribution is 2.25. The number of aromatic amines is 1. The first-order chi connectivity index (χ1) is 11.5. The van der Waals surface area contributed by atoms with Gasteiger partial charge in [-0.05, 0) is 32.0 Å². The van der Waals surface area contributed by atoms with Gasteiger partial charge in [-0.2, -0.15) is 10.2 Å². The van der Waals surface area contributed by atoms with Crippen LogP contribution in [0, 0.1) is 13.8 Å². The Bertz CT molecular complexity index is 889. The van der Waals surface area contributed by atoms with Gasteiger partial charge in [0.05, 0.1) is 24.2 Å². The summed E-state index contributed by atoms with van der Waals surface area (Å²) >= 11 is 0. The summed E-state index contributed by atoms with van der Waals surface area (Å²) < 4.78 is 6.76. The van der Waals surface area contributed by atoms with Gasteiger partial charge >= 0.3 is 0 Å². The zero-order valence-corrected chi connectivity index (χ0v) is 13.6. The molecule has 0 radical (unpaired) electrons. The molecule has 0 saturated carbocycles. The zero-order chi connectivity index (χ0) is 17.3. The van der Waals surface area contributed by atoms with Crippen LogP contribution in [0.5, 0.6) is 0 Å². The van der Waals surface area contributed by atoms with E-state index in [0.29, 0.717) is 5.69 Å². The fraction of sp³-hybridized carbons (Fsp3) is 0.250. The van der Waals surface area contributed by atoms with Crippen molar-refractivity contribution >= 4 is 11.7 Å². The molecule has 3 aromatic rings. The molecule has 0 unspecified atom stereocenters. The average Bonchev–Trinajstić information content (AvgIpc) is 3.27. The lowest BCUT2D eigenvalue weighted by Gasteiger charge is -2.00. The third-order valence-corrected chi connectivity index (χ3v) is 3.79. The Balaban J connectivity index is 1.71. The zero-order valence-electron chi connectivity index (χ0n) is 13.6. The fourth-order valence-electron chi connectivity index (χ4n) is 2.49. The first kappa shape index (κ1) is 15.7. The van der Waals surface area contributed by atoms with Crippen molar-refractivity contribution in [3.63, 3.8) is 0 Å². The molecule has 8 heteroatoms. The monoisotopic (exact) mass is 327 g/mol. The maximum atomic E-state index is 12.2. The summed E-state index contributed by atoms with van der Waals surface area (Å²) in [5, 5.41) is 13.8. The van der Waals surface area contributed by atoms with Gasteiger partial charge in [-0.25, -0.2) is 0 Å². The molecular weight excluding hydrogens is 310 g/mol. The van der Waals surface area contributed by atoms with Crippen LogP contribution >= 0.6 is 0 Å². The second-order valence-electron chi connectivity index (χ2n) is 5.42. The number of aromatic nitrogens is 4. The molecular formula is C16H17N5O3. The normalized spacial score (nSPS) is 10.8. The first-order valence-corrected chi connectivity index (χ1v) is 7.38. The molecule has 3 rings (SSSR count). The Labute approximate surface area is 137 Å². The van der Waals surface area contributed by atoms with Gasteiger partial charge in [0.1, 0.15) is 5.69 Å². The maximum absolute atomic E-state index is 12.2. The highest BCUT2D eigenvalue weighted by Gasteiger charge is 2.18. The van der Waals surface area contributed by atoms with Gasteiger partial charge in [0.25, 0.3) is 5.91 Å². The molecule has 0 atom stereocenters. The van der Waals surface area contributed by atoms with E-state index in [1.807, 2.05) is 20.9 Å². The van der Waals surface area contributed by atoms with Gasteiger partial charge in [-0.15, -0.1) is 0 Å². The topological polar surface area (TPSA) is 106 Å². The summed E-state index contributed by atoms with van der Waals surface area (Å²) in [6, 6.07) is 4.81. The number of hydrogen-bond acceptors (Lipinski definition) is 5. The summed E-state index contributed by atoms with van der Waals surface area (Å²) in [6.45, 7) is 3.68. The molecule has 124 valence electrons. The summed E-state index contributed by atoms with van der Waals surface area (Å²) in [5.41, 5.74) is 3.60. The van der Waals surface area contributed by atoms with E-state index in [2.05, 4.69) is 20.6 Å². The van der Waals surface area contributed by atoms with Crippen LogP contribution in [0.1, 0.15) is 32.4 Å². The molecule has 2 N–H and O–H groups in total. The maximum Gasteiger partial charge on any atom is 0.269 e. The Morgan fingerprint density at radius 3 is 2.79 bits per heavy atom. The lowest BCUT2D eigenvalue weighted by atomic mass is 10.1. The molecule has 0 saturated heterocycles. The van der Waals surface area contributed by atoms with Crippen LogP contribution in [0.2, 0.25) is 0 Å². The minimum Gasteiger partial charge on any atom is -0.461 e. The Kier molecular flexibility index (Phi) is 4.03. The van der Waals surface area contributed by atoms with E-state index in [1.54, 1.807) is 22.9 Å². The molecule has 1 amide bonds. The lowest BCUT2D eigenvalue weighted by Crippen LogP contribution is -2.29. The fourth-order valence-corrected chi connectivity index (χ4v) is 2.49. The summed E-state index contributed by atoms with van der Waals surface area (Å²) in [6.07, 6.45) is 1.41. The number of hydrogen-bond donors (Lipinski definition) is 2. The number of aryl methyl sites for hydroxylation is 2. The quantitative estimate of drug-likeness (QED) is 0.693. The molecule has 0 aliphatic heterocycles. The van der Waals surface area contributed by atoms with E-state index < -0.39 is 5.91 Å². The number of nitrogens with one attached hydrogen (secondary N) is 2. The number of Topliss-reactive ketones (excluding diaryl/α,β-unsaturated/α-hetero) is 1. The molecule has 0 aromatic carbocycles. The second kappa shape index (κ2) is 6.15. The van der Waals surface area contributed by atoms with Gasteiger partial charge in [0, 0.05) is 18.3 Å². The number of H-pyrrole nitrogens is 1. The van der Waals surface area contributed by atoms with Crippen LogP contribution < -0.4 is 5.32 Å². The van der Waals surface area contributed by atoms with Crippen LogP contribution in [-0.2, 0) is 7.05 Å². The SMILES string of the molecule is Cc1nn(C)c(C)c1-c1cc(C(=O)NCC(=O)c2ccco2)[nH]n1. The van der Waals surface area contributed by atoms with Crippen LogP contribution in [0.15, 0.2) is 28.9 Å². The van der Waals surface area contributed by atoms with Crippen LogP contribution in [0.25, 0.3) is 11.3 Å². The average molecular weight is 327 g/mol. The number of furan rings is 1. The molecule has 24 heavy (non-hydrogen) atoms. The van der Waals surface area contributed by atoms with Crippen molar-refractivity contribution in [3.05, 3.63) is 47.3 Å². The largest absolute Gasteiger partial charge is 0.461 e. The number of rotatable bonds is 5. The molecule has 0 aliphatic carbocycles. The van der Waals surface area contributed by atoms with E-state index in [1.165, 1.54) is 6.26 Å². The number of amides is 1. The lowest BCUT2D eigenvalue weighted by molar-refractivity contribution is 0.0889. The van der Waals surface area contributed by atoms with Gasteiger partial charge < -0.3 is 9.73 Å². The van der Waals surface area contributed by atoms with Crippen LogP contribution in [-0.4, -0.2) is 38.2 Å². The number of ketones is 1. The summed E-state index contributed by atoms with van der Waals surface area (Å²) in [5.74, 6) is -0.498. The molecule has 3 aromatic heterocycles. The second-order valence-corrected chi connectivity index (χ2v) is 5.42. The summed E-state index contributed by atoms with van der Waals surface area (Å²) in [4.78, 5) is 24.0. The molecule has 0 spiro atoms. The van der Waals surface area contributed by atoms with Crippen molar-refractivity contribution in [2.75, 3.05) is 6.54 Å². The number of nitrogens with zero attached hydrogens (tertiary/aromatic N) is 3. The smallest absolute Gasteiger partial charge is 0.269 e. The Morgan fingerprint density at radius 2 is 2.17 bits per heavy atom. The van der Waals surface area contributed by atoms with E-state index in [4.69, 9.17) is 4.42 Å². The third kappa shape index (κ3) is 2.85. The van der Waals surface area contributed by atoms with E-state index in [9.17, 15) is 9.59 Å². The molecule has 0 bridgehead atoms. The number of carbonyl (C=O) groups is 2. The number of carbonyl (C=O) groups excluding carboxylic acids is 2. The Morgan fingerprint density at radius 1 is 1.38 bits per heavy atom. The van der Waals surface area contributed by atoms with Crippen molar-refractivity contribution in [2.45, 2.75) is 13.8 Å². The molecule has 3 heterocycles. The predicted octanol–water partition coefficient (Wildman–Crippen LogP) is 1.63. The van der Waals surface area contributed by atoms with Crippen molar-refractivity contribution in [2.24, 2.45) is 7.05 Å².